The molecule has 0 aliphatic carbocycles. The van der Waals surface area contributed by atoms with Crippen LogP contribution in [0.15, 0.2) is 71.8 Å². The standard InChI is InChI=1S/C20H21N3O2/c1-20(2,23-18-19(24)22-13-12-21-18)16-10-6-7-11-17(16)25-14-15-8-4-3-5-9-15/h3-13H,14H2,1-2H3,(H,21,23)(H,22,24). The number of H-pyrrole nitrogens is 1. The van der Waals surface area contributed by atoms with Crippen LogP contribution in [0.25, 0.3) is 0 Å². The molecule has 1 aromatic heterocycles. The molecule has 0 bridgehead atoms. The lowest BCUT2D eigenvalue weighted by molar-refractivity contribution is 0.298. The second-order valence-electron chi connectivity index (χ2n) is 6.29. The maximum Gasteiger partial charge on any atom is 0.290 e. The number of hydrogen-bond acceptors (Lipinski definition) is 4. The van der Waals surface area contributed by atoms with E-state index >= 15 is 0 Å². The van der Waals surface area contributed by atoms with Gasteiger partial charge in [-0.05, 0) is 25.5 Å². The predicted molar refractivity (Wildman–Crippen MR) is 98.7 cm³/mol. The van der Waals surface area contributed by atoms with E-state index in [2.05, 4.69) is 15.3 Å². The van der Waals surface area contributed by atoms with Crippen molar-refractivity contribution in [1.82, 2.24) is 9.97 Å². The fraction of sp³-hybridized carbons (Fsp3) is 0.200. The minimum absolute atomic E-state index is 0.252. The molecule has 0 saturated heterocycles. The Hall–Kier alpha value is -3.08. The SMILES string of the molecule is CC(C)(Nc1ncc[nH]c1=O)c1ccccc1OCc1ccccc1. The molecule has 0 atom stereocenters. The van der Waals surface area contributed by atoms with E-state index < -0.39 is 5.54 Å². The number of hydrogen-bond donors (Lipinski definition) is 2. The molecule has 0 aliphatic heterocycles. The molecule has 128 valence electrons. The number of anilines is 1. The van der Waals surface area contributed by atoms with Crippen LogP contribution in [0.1, 0.15) is 25.0 Å². The Bertz CT molecular complexity index is 888. The van der Waals surface area contributed by atoms with Crippen molar-refractivity contribution in [1.29, 1.82) is 0 Å². The van der Waals surface area contributed by atoms with Crippen LogP contribution in [0.2, 0.25) is 0 Å². The molecule has 3 aromatic rings. The topological polar surface area (TPSA) is 67.0 Å². The smallest absolute Gasteiger partial charge is 0.290 e. The van der Waals surface area contributed by atoms with Gasteiger partial charge in [0.25, 0.3) is 5.56 Å². The van der Waals surface area contributed by atoms with E-state index in [-0.39, 0.29) is 11.4 Å². The minimum Gasteiger partial charge on any atom is -0.489 e. The summed E-state index contributed by atoms with van der Waals surface area (Å²) in [5.41, 5.74) is 1.27. The van der Waals surface area contributed by atoms with Crippen LogP contribution in [-0.2, 0) is 12.1 Å². The van der Waals surface area contributed by atoms with Gasteiger partial charge < -0.3 is 15.0 Å². The van der Waals surface area contributed by atoms with Crippen molar-refractivity contribution < 1.29 is 4.74 Å². The first kappa shape index (κ1) is 16.8. The van der Waals surface area contributed by atoms with Gasteiger partial charge in [-0.15, -0.1) is 0 Å². The van der Waals surface area contributed by atoms with Gasteiger partial charge in [-0.3, -0.25) is 4.79 Å². The molecule has 0 unspecified atom stereocenters. The van der Waals surface area contributed by atoms with Crippen molar-refractivity contribution in [2.75, 3.05) is 5.32 Å². The molecule has 0 fully saturated rings. The molecule has 0 spiro atoms. The van der Waals surface area contributed by atoms with Gasteiger partial charge in [-0.2, -0.15) is 0 Å². The molecule has 0 amide bonds. The highest BCUT2D eigenvalue weighted by atomic mass is 16.5. The van der Waals surface area contributed by atoms with Crippen molar-refractivity contribution >= 4 is 5.82 Å². The first-order chi connectivity index (χ1) is 12.1. The van der Waals surface area contributed by atoms with Gasteiger partial charge in [-0.25, -0.2) is 4.98 Å². The quantitative estimate of drug-likeness (QED) is 0.721. The Morgan fingerprint density at radius 3 is 2.56 bits per heavy atom. The van der Waals surface area contributed by atoms with Gasteiger partial charge in [0.15, 0.2) is 5.82 Å². The van der Waals surface area contributed by atoms with Crippen LogP contribution in [0.3, 0.4) is 0 Å². The highest BCUT2D eigenvalue weighted by Gasteiger charge is 2.25. The lowest BCUT2D eigenvalue weighted by atomic mass is 9.93. The number of aromatic amines is 1. The highest BCUT2D eigenvalue weighted by molar-refractivity contribution is 5.45. The first-order valence-corrected chi connectivity index (χ1v) is 8.14. The Balaban J connectivity index is 1.83. The molecule has 0 aliphatic rings. The summed E-state index contributed by atoms with van der Waals surface area (Å²) in [5.74, 6) is 1.06. The highest BCUT2D eigenvalue weighted by Crippen LogP contribution is 2.32. The zero-order chi connectivity index (χ0) is 17.7. The van der Waals surface area contributed by atoms with Crippen LogP contribution >= 0.6 is 0 Å². The van der Waals surface area contributed by atoms with Gasteiger partial charge >= 0.3 is 0 Å². The monoisotopic (exact) mass is 335 g/mol. The molecular formula is C20H21N3O2. The van der Waals surface area contributed by atoms with Gasteiger partial charge in [0, 0.05) is 18.0 Å². The fourth-order valence-corrected chi connectivity index (χ4v) is 2.65. The Morgan fingerprint density at radius 2 is 1.80 bits per heavy atom. The Morgan fingerprint density at radius 1 is 1.08 bits per heavy atom. The van der Waals surface area contributed by atoms with Gasteiger partial charge in [0.2, 0.25) is 0 Å². The van der Waals surface area contributed by atoms with E-state index in [9.17, 15) is 4.79 Å². The molecule has 1 heterocycles. The Labute approximate surface area is 146 Å². The van der Waals surface area contributed by atoms with E-state index in [4.69, 9.17) is 4.74 Å². The third-order valence-corrected chi connectivity index (χ3v) is 3.94. The third-order valence-electron chi connectivity index (χ3n) is 3.94. The third kappa shape index (κ3) is 4.07. The summed E-state index contributed by atoms with van der Waals surface area (Å²) in [6.07, 6.45) is 3.06. The second-order valence-corrected chi connectivity index (χ2v) is 6.29. The minimum atomic E-state index is -0.533. The van der Waals surface area contributed by atoms with Crippen LogP contribution in [-0.4, -0.2) is 9.97 Å². The first-order valence-electron chi connectivity index (χ1n) is 8.14. The van der Waals surface area contributed by atoms with Crippen LogP contribution in [0, 0.1) is 0 Å². The molecule has 5 heteroatoms. The number of rotatable bonds is 6. The number of para-hydroxylation sites is 1. The second kappa shape index (κ2) is 7.21. The van der Waals surface area contributed by atoms with Crippen LogP contribution in [0.5, 0.6) is 5.75 Å². The van der Waals surface area contributed by atoms with Crippen molar-refractivity contribution in [3.05, 3.63) is 88.5 Å². The van der Waals surface area contributed by atoms with Gasteiger partial charge in [0.05, 0.1) is 5.54 Å². The van der Waals surface area contributed by atoms with Crippen LogP contribution in [0.4, 0.5) is 5.82 Å². The summed E-state index contributed by atoms with van der Waals surface area (Å²) >= 11 is 0. The summed E-state index contributed by atoms with van der Waals surface area (Å²) in [6, 6.07) is 17.8. The summed E-state index contributed by atoms with van der Waals surface area (Å²) in [4.78, 5) is 18.7. The van der Waals surface area contributed by atoms with E-state index in [1.54, 1.807) is 6.20 Å². The molecule has 2 aromatic carbocycles. The maximum absolute atomic E-state index is 11.9. The van der Waals surface area contributed by atoms with Crippen molar-refractivity contribution in [3.63, 3.8) is 0 Å². The normalized spacial score (nSPS) is 11.1. The number of nitrogens with zero attached hydrogens (tertiary/aromatic N) is 1. The van der Waals surface area contributed by atoms with Crippen molar-refractivity contribution in [2.45, 2.75) is 26.0 Å². The van der Waals surface area contributed by atoms with E-state index in [1.807, 2.05) is 68.4 Å². The number of aromatic nitrogens is 2. The fourth-order valence-electron chi connectivity index (χ4n) is 2.65. The van der Waals surface area contributed by atoms with Crippen LogP contribution < -0.4 is 15.6 Å². The summed E-state index contributed by atoms with van der Waals surface area (Å²) in [6.45, 7) is 4.47. The predicted octanol–water partition coefficient (Wildman–Crippen LogP) is 3.70. The zero-order valence-electron chi connectivity index (χ0n) is 14.3. The largest absolute Gasteiger partial charge is 0.489 e. The van der Waals surface area contributed by atoms with E-state index in [0.29, 0.717) is 6.61 Å². The summed E-state index contributed by atoms with van der Waals surface area (Å²) in [7, 11) is 0. The summed E-state index contributed by atoms with van der Waals surface area (Å²) in [5, 5.41) is 3.21. The molecule has 25 heavy (non-hydrogen) atoms. The molecule has 3 rings (SSSR count). The average molecular weight is 335 g/mol. The number of ether oxygens (including phenoxy) is 1. The van der Waals surface area contributed by atoms with Gasteiger partial charge in [-0.1, -0.05) is 48.5 Å². The zero-order valence-corrected chi connectivity index (χ0v) is 14.3. The lowest BCUT2D eigenvalue weighted by Gasteiger charge is -2.29. The van der Waals surface area contributed by atoms with E-state index in [1.165, 1.54) is 6.20 Å². The van der Waals surface area contributed by atoms with E-state index in [0.717, 1.165) is 16.9 Å². The molecule has 2 N–H and O–H groups in total. The Kier molecular flexibility index (Phi) is 4.84. The molecular weight excluding hydrogens is 314 g/mol. The number of nitrogens with one attached hydrogen (secondary N) is 2. The average Bonchev–Trinajstić information content (AvgIpc) is 2.63. The number of benzene rings is 2. The molecule has 0 saturated carbocycles. The van der Waals surface area contributed by atoms with Crippen molar-refractivity contribution in [3.8, 4) is 5.75 Å². The van der Waals surface area contributed by atoms with Gasteiger partial charge in [0.1, 0.15) is 12.4 Å². The maximum atomic E-state index is 11.9. The molecule has 0 radical (unpaired) electrons. The van der Waals surface area contributed by atoms with Crippen molar-refractivity contribution in [2.24, 2.45) is 0 Å². The summed E-state index contributed by atoms with van der Waals surface area (Å²) < 4.78 is 6.03. The molecule has 5 nitrogen and oxygen atoms in total. The lowest BCUT2D eigenvalue weighted by Crippen LogP contribution is -2.32.